The third-order valence-corrected chi connectivity index (χ3v) is 3.82. The van der Waals surface area contributed by atoms with E-state index < -0.39 is 11.5 Å². The van der Waals surface area contributed by atoms with Crippen LogP contribution in [0, 0.1) is 19.3 Å². The highest BCUT2D eigenvalue weighted by Crippen LogP contribution is 2.14. The van der Waals surface area contributed by atoms with E-state index in [0.29, 0.717) is 11.4 Å². The largest absolute Gasteiger partial charge is 0.369 e. The highest BCUT2D eigenvalue weighted by Gasteiger charge is 2.17. The van der Waals surface area contributed by atoms with Crippen molar-refractivity contribution in [2.24, 2.45) is 0 Å². The zero-order valence-electron chi connectivity index (χ0n) is 15.2. The summed E-state index contributed by atoms with van der Waals surface area (Å²) in [5, 5.41) is 13.3. The predicted octanol–water partition coefficient (Wildman–Crippen LogP) is 1.43. The van der Waals surface area contributed by atoms with Crippen molar-refractivity contribution in [1.82, 2.24) is 15.3 Å². The summed E-state index contributed by atoms with van der Waals surface area (Å²) >= 11 is 0. The van der Waals surface area contributed by atoms with Crippen molar-refractivity contribution >= 4 is 17.9 Å². The van der Waals surface area contributed by atoms with E-state index in [1.165, 1.54) is 0 Å². The number of amides is 1. The number of hydrogen-bond donors (Lipinski definition) is 5. The van der Waals surface area contributed by atoms with Gasteiger partial charge in [-0.1, -0.05) is 0 Å². The Labute approximate surface area is 150 Å². The minimum atomic E-state index is -0.527. The molecular formula is C18H23N5O3. The molecule has 5 N–H and O–H groups in total. The highest BCUT2D eigenvalue weighted by molar-refractivity contribution is 6.04. The van der Waals surface area contributed by atoms with Gasteiger partial charge in [-0.15, -0.1) is 0 Å². The Hall–Kier alpha value is -3.16. The van der Waals surface area contributed by atoms with Gasteiger partial charge in [0.15, 0.2) is 0 Å². The summed E-state index contributed by atoms with van der Waals surface area (Å²) in [6.07, 6.45) is 1.01. The van der Waals surface area contributed by atoms with Crippen molar-refractivity contribution < 1.29 is 4.79 Å². The van der Waals surface area contributed by atoms with Crippen LogP contribution in [0.4, 0.5) is 5.82 Å². The zero-order valence-corrected chi connectivity index (χ0v) is 15.2. The van der Waals surface area contributed by atoms with Crippen LogP contribution < -0.4 is 21.8 Å². The van der Waals surface area contributed by atoms with Crippen molar-refractivity contribution in [1.29, 1.82) is 5.41 Å². The zero-order chi connectivity index (χ0) is 19.4. The number of aryl methyl sites for hydroxylation is 2. The van der Waals surface area contributed by atoms with Crippen LogP contribution >= 0.6 is 0 Å². The standard InChI is InChI=1S/C18H23N5O3/c1-9(2)21-16-13(7-19)12(6-15(24)23-16)17(25)20-8-14-10(3)5-11(4)22-18(14)26/h5-7,9,19H,8H2,1-4H3,(H,20,25)(H,22,26)(H2,21,23,24). The Morgan fingerprint density at radius 2 is 1.92 bits per heavy atom. The van der Waals surface area contributed by atoms with Crippen LogP contribution in [-0.4, -0.2) is 28.1 Å². The first-order valence-corrected chi connectivity index (χ1v) is 8.24. The number of aromatic nitrogens is 2. The van der Waals surface area contributed by atoms with E-state index in [-0.39, 0.29) is 29.3 Å². The van der Waals surface area contributed by atoms with Crippen LogP contribution in [0.5, 0.6) is 0 Å². The first-order valence-electron chi connectivity index (χ1n) is 8.24. The van der Waals surface area contributed by atoms with Gasteiger partial charge in [0.1, 0.15) is 5.82 Å². The maximum Gasteiger partial charge on any atom is 0.253 e. The summed E-state index contributed by atoms with van der Waals surface area (Å²) in [7, 11) is 0. The molecule has 0 aliphatic carbocycles. The van der Waals surface area contributed by atoms with Crippen molar-refractivity contribution in [3.63, 3.8) is 0 Å². The number of hydrogen-bond acceptors (Lipinski definition) is 5. The number of pyridine rings is 2. The number of carbonyl (C=O) groups is 1. The average molecular weight is 357 g/mol. The molecule has 0 unspecified atom stereocenters. The lowest BCUT2D eigenvalue weighted by Gasteiger charge is -2.15. The number of carbonyl (C=O) groups excluding carboxylic acids is 1. The predicted molar refractivity (Wildman–Crippen MR) is 101 cm³/mol. The molecule has 0 atom stereocenters. The van der Waals surface area contributed by atoms with Crippen LogP contribution in [0.2, 0.25) is 0 Å². The molecule has 2 rings (SSSR count). The lowest BCUT2D eigenvalue weighted by Crippen LogP contribution is -2.30. The Morgan fingerprint density at radius 1 is 1.23 bits per heavy atom. The van der Waals surface area contributed by atoms with E-state index in [4.69, 9.17) is 5.41 Å². The van der Waals surface area contributed by atoms with E-state index in [1.54, 1.807) is 13.8 Å². The van der Waals surface area contributed by atoms with Gasteiger partial charge in [-0.25, -0.2) is 0 Å². The average Bonchev–Trinajstić information content (AvgIpc) is 2.52. The molecule has 2 aromatic heterocycles. The molecule has 0 radical (unpaired) electrons. The van der Waals surface area contributed by atoms with E-state index >= 15 is 0 Å². The Morgan fingerprint density at radius 3 is 2.50 bits per heavy atom. The van der Waals surface area contributed by atoms with Crippen molar-refractivity contribution in [2.45, 2.75) is 40.3 Å². The summed E-state index contributed by atoms with van der Waals surface area (Å²) in [6.45, 7) is 7.37. The second-order valence-corrected chi connectivity index (χ2v) is 6.41. The molecule has 0 aliphatic heterocycles. The second kappa shape index (κ2) is 7.81. The lowest BCUT2D eigenvalue weighted by molar-refractivity contribution is 0.0950. The molecule has 0 saturated heterocycles. The van der Waals surface area contributed by atoms with Gasteiger partial charge in [-0.3, -0.25) is 14.4 Å². The van der Waals surface area contributed by atoms with Gasteiger partial charge in [0.25, 0.3) is 11.5 Å². The molecule has 2 heterocycles. The van der Waals surface area contributed by atoms with Gasteiger partial charge in [-0.05, 0) is 39.3 Å². The van der Waals surface area contributed by atoms with Gasteiger partial charge in [-0.2, -0.15) is 0 Å². The van der Waals surface area contributed by atoms with Crippen LogP contribution in [0.15, 0.2) is 21.7 Å². The second-order valence-electron chi connectivity index (χ2n) is 6.41. The molecule has 0 bridgehead atoms. The number of rotatable bonds is 6. The number of nitrogens with one attached hydrogen (secondary N) is 5. The third kappa shape index (κ3) is 4.27. The summed E-state index contributed by atoms with van der Waals surface area (Å²) < 4.78 is 0. The summed E-state index contributed by atoms with van der Waals surface area (Å²) in [4.78, 5) is 41.8. The quantitative estimate of drug-likeness (QED) is 0.500. The molecule has 26 heavy (non-hydrogen) atoms. The fraction of sp³-hybridized carbons (Fsp3) is 0.333. The fourth-order valence-electron chi connectivity index (χ4n) is 2.68. The summed E-state index contributed by atoms with van der Waals surface area (Å²) in [5.74, 6) is -0.210. The van der Waals surface area contributed by atoms with Gasteiger partial charge in [0.2, 0.25) is 5.56 Å². The summed E-state index contributed by atoms with van der Waals surface area (Å²) in [5.41, 5.74) is 1.61. The monoisotopic (exact) mass is 357 g/mol. The minimum absolute atomic E-state index is 0.0106. The third-order valence-electron chi connectivity index (χ3n) is 3.82. The highest BCUT2D eigenvalue weighted by atomic mass is 16.2. The molecule has 0 saturated carbocycles. The van der Waals surface area contributed by atoms with E-state index in [9.17, 15) is 14.4 Å². The van der Waals surface area contributed by atoms with Crippen LogP contribution in [0.25, 0.3) is 0 Å². The number of anilines is 1. The molecule has 8 heteroatoms. The fourth-order valence-corrected chi connectivity index (χ4v) is 2.68. The van der Waals surface area contributed by atoms with E-state index in [1.807, 2.05) is 19.9 Å². The normalized spacial score (nSPS) is 10.7. The minimum Gasteiger partial charge on any atom is -0.369 e. The first-order chi connectivity index (χ1) is 12.2. The SMILES string of the molecule is Cc1cc(C)c(CNC(=O)c2cc(=O)[nH]c(NC(C)C)c2C=N)c(=O)[nH]1. The molecule has 138 valence electrons. The molecule has 0 aromatic carbocycles. The Kier molecular flexibility index (Phi) is 5.76. The van der Waals surface area contributed by atoms with E-state index in [2.05, 4.69) is 20.6 Å². The number of aromatic amines is 2. The van der Waals surface area contributed by atoms with Gasteiger partial charge in [0.05, 0.1) is 5.56 Å². The van der Waals surface area contributed by atoms with Crippen molar-refractivity contribution in [3.8, 4) is 0 Å². The van der Waals surface area contributed by atoms with Gasteiger partial charge < -0.3 is 26.0 Å². The van der Waals surface area contributed by atoms with Crippen molar-refractivity contribution in [2.75, 3.05) is 5.32 Å². The van der Waals surface area contributed by atoms with Crippen molar-refractivity contribution in [3.05, 3.63) is 60.8 Å². The Balaban J connectivity index is 2.33. The van der Waals surface area contributed by atoms with Gasteiger partial charge in [0, 0.05) is 41.7 Å². The number of H-pyrrole nitrogens is 2. The molecule has 2 aromatic rings. The van der Waals surface area contributed by atoms with Crippen LogP contribution in [-0.2, 0) is 6.54 Å². The van der Waals surface area contributed by atoms with Crippen LogP contribution in [0.3, 0.4) is 0 Å². The van der Waals surface area contributed by atoms with Gasteiger partial charge >= 0.3 is 0 Å². The molecule has 0 spiro atoms. The topological polar surface area (TPSA) is 131 Å². The smallest absolute Gasteiger partial charge is 0.253 e. The van der Waals surface area contributed by atoms with E-state index in [0.717, 1.165) is 23.5 Å². The molecule has 0 aliphatic rings. The molecule has 8 nitrogen and oxygen atoms in total. The Bertz CT molecular complexity index is 956. The summed E-state index contributed by atoms with van der Waals surface area (Å²) in [6, 6.07) is 2.98. The maximum atomic E-state index is 12.6. The molecular weight excluding hydrogens is 334 g/mol. The lowest BCUT2D eigenvalue weighted by atomic mass is 10.1. The molecule has 0 fully saturated rings. The molecule has 1 amide bonds. The maximum absolute atomic E-state index is 12.6. The first kappa shape index (κ1) is 19.2. The van der Waals surface area contributed by atoms with Crippen LogP contribution in [0.1, 0.15) is 46.6 Å².